The average molecular weight is 288 g/mol. The molecule has 0 rings (SSSR count). The quantitative estimate of drug-likeness (QED) is 0.281. The molecule has 0 aromatic rings. The maximum atomic E-state index is 10.3. The first kappa shape index (κ1) is 21.2. The van der Waals surface area contributed by atoms with Gasteiger partial charge in [-0.05, 0) is 19.3 Å². The van der Waals surface area contributed by atoms with Gasteiger partial charge in [0.05, 0.1) is 10.1 Å². The molecule has 104 valence electrons. The van der Waals surface area contributed by atoms with Gasteiger partial charge in [0.2, 0.25) is 0 Å². The molecule has 6 heteroatoms. The number of hydrogen-bond donors (Lipinski definition) is 0. The van der Waals surface area contributed by atoms with Gasteiger partial charge in [0.1, 0.15) is 0 Å². The van der Waals surface area contributed by atoms with E-state index in [2.05, 4.69) is 6.92 Å². The van der Waals surface area contributed by atoms with Crippen molar-refractivity contribution < 1.29 is 47.3 Å². The summed E-state index contributed by atoms with van der Waals surface area (Å²) in [5.74, 6) is -0.231. The Morgan fingerprint density at radius 3 is 1.89 bits per heavy atom. The van der Waals surface area contributed by atoms with Crippen molar-refractivity contribution in [3.05, 3.63) is 0 Å². The minimum absolute atomic E-state index is 0. The molecular weight excluding hydrogens is 263 g/mol. The molecule has 0 unspecified atom stereocenters. The van der Waals surface area contributed by atoms with E-state index >= 15 is 0 Å². The smallest absolute Gasteiger partial charge is 0.748 e. The summed E-state index contributed by atoms with van der Waals surface area (Å²) in [6.45, 7) is 3.76. The molecule has 0 spiro atoms. The Bertz CT molecular complexity index is 255. The number of rotatable bonds is 12. The van der Waals surface area contributed by atoms with Crippen molar-refractivity contribution in [3.63, 3.8) is 0 Å². The molecule has 0 aromatic heterocycles. The summed E-state index contributed by atoms with van der Waals surface area (Å²) in [4.78, 5) is 0. The van der Waals surface area contributed by atoms with Crippen molar-refractivity contribution in [2.75, 3.05) is 19.0 Å². The van der Waals surface area contributed by atoms with Gasteiger partial charge in [0, 0.05) is 19.0 Å². The Kier molecular flexibility index (Phi) is 16.8. The first-order valence-corrected chi connectivity index (χ1v) is 8.15. The Morgan fingerprint density at radius 1 is 0.889 bits per heavy atom. The molecule has 0 aliphatic heterocycles. The topological polar surface area (TPSA) is 66.4 Å². The SMILES string of the molecule is CCCCCCOCCCCCCS(=O)(=O)[O-].[Na+]. The van der Waals surface area contributed by atoms with Gasteiger partial charge in [-0.25, -0.2) is 8.42 Å². The van der Waals surface area contributed by atoms with Crippen LogP contribution in [0.25, 0.3) is 0 Å². The predicted molar refractivity (Wildman–Crippen MR) is 68.0 cm³/mol. The summed E-state index contributed by atoms with van der Waals surface area (Å²) in [5.41, 5.74) is 0. The van der Waals surface area contributed by atoms with Crippen LogP contribution in [-0.4, -0.2) is 31.9 Å². The van der Waals surface area contributed by atoms with Crippen LogP contribution in [0.15, 0.2) is 0 Å². The van der Waals surface area contributed by atoms with Crippen LogP contribution in [0, 0.1) is 0 Å². The largest absolute Gasteiger partial charge is 1.00 e. The number of unbranched alkanes of at least 4 members (excludes halogenated alkanes) is 6. The van der Waals surface area contributed by atoms with Crippen LogP contribution in [-0.2, 0) is 14.9 Å². The summed E-state index contributed by atoms with van der Waals surface area (Å²) in [6.07, 6.45) is 8.02. The zero-order valence-corrected chi connectivity index (χ0v) is 14.6. The van der Waals surface area contributed by atoms with Crippen molar-refractivity contribution in [2.45, 2.75) is 58.3 Å². The Labute approximate surface area is 134 Å². The normalized spacial score (nSPS) is 11.2. The molecular formula is C12H25NaO4S. The van der Waals surface area contributed by atoms with Gasteiger partial charge in [-0.2, -0.15) is 0 Å². The molecule has 4 nitrogen and oxygen atoms in total. The predicted octanol–water partition coefficient (Wildman–Crippen LogP) is -0.307. The molecule has 0 saturated carbocycles. The third kappa shape index (κ3) is 19.2. The van der Waals surface area contributed by atoms with E-state index < -0.39 is 10.1 Å². The van der Waals surface area contributed by atoms with Gasteiger partial charge < -0.3 is 9.29 Å². The van der Waals surface area contributed by atoms with Crippen LogP contribution < -0.4 is 29.6 Å². The van der Waals surface area contributed by atoms with Crippen LogP contribution in [0.2, 0.25) is 0 Å². The monoisotopic (exact) mass is 288 g/mol. The Balaban J connectivity index is 0. The zero-order valence-electron chi connectivity index (χ0n) is 11.8. The van der Waals surface area contributed by atoms with Gasteiger partial charge in [0.25, 0.3) is 0 Å². The second-order valence-corrected chi connectivity index (χ2v) is 5.87. The van der Waals surface area contributed by atoms with E-state index in [-0.39, 0.29) is 35.3 Å². The van der Waals surface area contributed by atoms with Crippen molar-refractivity contribution >= 4 is 10.1 Å². The van der Waals surface area contributed by atoms with E-state index in [1.165, 1.54) is 19.3 Å². The fourth-order valence-corrected chi connectivity index (χ4v) is 2.13. The average Bonchev–Trinajstić information content (AvgIpc) is 2.24. The van der Waals surface area contributed by atoms with E-state index in [4.69, 9.17) is 4.74 Å². The van der Waals surface area contributed by atoms with E-state index in [1.807, 2.05) is 0 Å². The fourth-order valence-electron chi connectivity index (χ4n) is 1.57. The number of hydrogen-bond acceptors (Lipinski definition) is 4. The molecule has 0 aromatic carbocycles. The molecule has 0 bridgehead atoms. The Hall–Kier alpha value is 0.870. The van der Waals surface area contributed by atoms with Crippen molar-refractivity contribution in [3.8, 4) is 0 Å². The second kappa shape index (κ2) is 14.3. The van der Waals surface area contributed by atoms with Crippen molar-refractivity contribution in [1.29, 1.82) is 0 Å². The molecule has 0 saturated heterocycles. The minimum Gasteiger partial charge on any atom is -0.748 e. The molecule has 0 aliphatic rings. The fraction of sp³-hybridized carbons (Fsp3) is 1.00. The molecule has 0 radical (unpaired) electrons. The standard InChI is InChI=1S/C12H26O4S.Na/c1-2-3-4-7-10-16-11-8-5-6-9-12-17(13,14)15;/h2-12H2,1H3,(H,13,14,15);/q;+1/p-1. The summed E-state index contributed by atoms with van der Waals surface area (Å²) in [5, 5.41) is 0. The van der Waals surface area contributed by atoms with Crippen molar-refractivity contribution in [2.24, 2.45) is 0 Å². The molecule has 0 atom stereocenters. The summed E-state index contributed by atoms with van der Waals surface area (Å²) in [6, 6.07) is 0. The van der Waals surface area contributed by atoms with Crippen LogP contribution in [0.5, 0.6) is 0 Å². The van der Waals surface area contributed by atoms with E-state index in [0.29, 0.717) is 6.42 Å². The third-order valence-electron chi connectivity index (χ3n) is 2.58. The molecule has 0 fully saturated rings. The first-order valence-electron chi connectivity index (χ1n) is 6.57. The molecule has 0 aliphatic carbocycles. The zero-order chi connectivity index (χ0) is 13.0. The molecule has 0 N–H and O–H groups in total. The maximum Gasteiger partial charge on any atom is 1.00 e. The van der Waals surface area contributed by atoms with Gasteiger partial charge in [-0.15, -0.1) is 0 Å². The van der Waals surface area contributed by atoms with Gasteiger partial charge >= 0.3 is 29.6 Å². The van der Waals surface area contributed by atoms with Gasteiger partial charge in [-0.1, -0.05) is 39.0 Å². The van der Waals surface area contributed by atoms with E-state index in [0.717, 1.165) is 38.9 Å². The minimum atomic E-state index is -4.02. The summed E-state index contributed by atoms with van der Waals surface area (Å²) in [7, 11) is -4.02. The van der Waals surface area contributed by atoms with Crippen LogP contribution in [0.4, 0.5) is 0 Å². The first-order chi connectivity index (χ1) is 8.06. The van der Waals surface area contributed by atoms with Crippen LogP contribution in [0.1, 0.15) is 58.3 Å². The summed E-state index contributed by atoms with van der Waals surface area (Å²) >= 11 is 0. The third-order valence-corrected chi connectivity index (χ3v) is 3.36. The molecule has 0 heterocycles. The summed E-state index contributed by atoms with van der Waals surface area (Å²) < 4.78 is 36.4. The molecule has 0 amide bonds. The van der Waals surface area contributed by atoms with Gasteiger partial charge in [0.15, 0.2) is 0 Å². The van der Waals surface area contributed by atoms with Crippen molar-refractivity contribution in [1.82, 2.24) is 0 Å². The van der Waals surface area contributed by atoms with E-state index in [1.54, 1.807) is 0 Å². The Morgan fingerprint density at radius 2 is 1.39 bits per heavy atom. The van der Waals surface area contributed by atoms with Crippen LogP contribution >= 0.6 is 0 Å². The van der Waals surface area contributed by atoms with E-state index in [9.17, 15) is 13.0 Å². The van der Waals surface area contributed by atoms with Gasteiger partial charge in [-0.3, -0.25) is 0 Å². The molecule has 18 heavy (non-hydrogen) atoms. The maximum absolute atomic E-state index is 10.3. The number of ether oxygens (including phenoxy) is 1. The second-order valence-electron chi connectivity index (χ2n) is 4.35. The van der Waals surface area contributed by atoms with Crippen LogP contribution in [0.3, 0.4) is 0 Å².